The second-order valence-corrected chi connectivity index (χ2v) is 5.85. The topological polar surface area (TPSA) is 21.3 Å². The predicted octanol–water partition coefficient (Wildman–Crippen LogP) is 1.90. The second kappa shape index (κ2) is 4.42. The molecule has 14 heavy (non-hydrogen) atoms. The van der Waals surface area contributed by atoms with Crippen LogP contribution in [0.4, 0.5) is 0 Å². The number of hydrogen-bond donors (Lipinski definition) is 1. The Hall–Kier alpha value is 0.270. The summed E-state index contributed by atoms with van der Waals surface area (Å²) in [5.74, 6) is 3.17. The van der Waals surface area contributed by atoms with Crippen LogP contribution in [0, 0.1) is 5.92 Å². The molecule has 0 bridgehead atoms. The first kappa shape index (κ1) is 10.8. The largest absolute Gasteiger partial charge is 0.371 e. The molecule has 0 amide bonds. The maximum Gasteiger partial charge on any atom is 0.0927 e. The second-order valence-electron chi connectivity index (χ2n) is 4.75. The highest BCUT2D eigenvalue weighted by Crippen LogP contribution is 2.36. The molecule has 0 aromatic heterocycles. The molecule has 1 N–H and O–H groups in total. The minimum absolute atomic E-state index is 0.148. The summed E-state index contributed by atoms with van der Waals surface area (Å²) in [7, 11) is 0. The van der Waals surface area contributed by atoms with E-state index in [0.29, 0.717) is 12.0 Å². The Morgan fingerprint density at radius 1 is 1.50 bits per heavy atom. The van der Waals surface area contributed by atoms with E-state index in [1.807, 2.05) is 0 Å². The fraction of sp³-hybridized carbons (Fsp3) is 1.00. The Balaban J connectivity index is 2.10. The van der Waals surface area contributed by atoms with E-state index in [9.17, 15) is 0 Å². The van der Waals surface area contributed by atoms with E-state index in [1.165, 1.54) is 24.3 Å². The highest BCUT2D eigenvalue weighted by atomic mass is 32.2. The molecular formula is C11H21NOS. The standard InChI is InChI=1S/C11H21NOS/c1-9(2)10-11(13-6-5-12-10)4-3-7-14-8-11/h9-10,12H,3-8H2,1-2H3. The maximum absolute atomic E-state index is 6.10. The zero-order chi connectivity index (χ0) is 10.0. The van der Waals surface area contributed by atoms with Gasteiger partial charge in [-0.3, -0.25) is 0 Å². The normalized spacial score (nSPS) is 39.2. The van der Waals surface area contributed by atoms with E-state index in [4.69, 9.17) is 4.74 Å². The number of ether oxygens (including phenoxy) is 1. The summed E-state index contributed by atoms with van der Waals surface area (Å²) >= 11 is 2.06. The van der Waals surface area contributed by atoms with Gasteiger partial charge in [-0.1, -0.05) is 13.8 Å². The summed E-state index contributed by atoms with van der Waals surface area (Å²) in [5, 5.41) is 3.64. The van der Waals surface area contributed by atoms with Crippen LogP contribution in [0.2, 0.25) is 0 Å². The van der Waals surface area contributed by atoms with Gasteiger partial charge < -0.3 is 10.1 Å². The number of hydrogen-bond acceptors (Lipinski definition) is 3. The molecule has 2 unspecified atom stereocenters. The summed E-state index contributed by atoms with van der Waals surface area (Å²) in [6.07, 6.45) is 2.56. The first-order chi connectivity index (χ1) is 6.75. The molecule has 2 atom stereocenters. The highest BCUT2D eigenvalue weighted by molar-refractivity contribution is 7.99. The molecule has 2 nitrogen and oxygen atoms in total. The molecule has 82 valence electrons. The van der Waals surface area contributed by atoms with Crippen LogP contribution < -0.4 is 5.32 Å². The summed E-state index contributed by atoms with van der Waals surface area (Å²) in [5.41, 5.74) is 0.148. The third-order valence-electron chi connectivity index (χ3n) is 3.32. The van der Waals surface area contributed by atoms with Gasteiger partial charge in [0.1, 0.15) is 0 Å². The van der Waals surface area contributed by atoms with Crippen molar-refractivity contribution in [2.75, 3.05) is 24.7 Å². The molecule has 2 heterocycles. The lowest BCUT2D eigenvalue weighted by molar-refractivity contribution is -0.0979. The van der Waals surface area contributed by atoms with Crippen LogP contribution in [-0.2, 0) is 4.74 Å². The minimum Gasteiger partial charge on any atom is -0.371 e. The van der Waals surface area contributed by atoms with E-state index in [-0.39, 0.29) is 5.60 Å². The van der Waals surface area contributed by atoms with Crippen molar-refractivity contribution in [1.82, 2.24) is 5.32 Å². The van der Waals surface area contributed by atoms with Gasteiger partial charge in [0.2, 0.25) is 0 Å². The monoisotopic (exact) mass is 215 g/mol. The van der Waals surface area contributed by atoms with Crippen LogP contribution in [0.1, 0.15) is 26.7 Å². The smallest absolute Gasteiger partial charge is 0.0927 e. The molecular weight excluding hydrogens is 194 g/mol. The maximum atomic E-state index is 6.10. The van der Waals surface area contributed by atoms with Crippen LogP contribution in [0.3, 0.4) is 0 Å². The van der Waals surface area contributed by atoms with Gasteiger partial charge in [0, 0.05) is 18.3 Å². The van der Waals surface area contributed by atoms with E-state index in [1.54, 1.807) is 0 Å². The average Bonchev–Trinajstić information content (AvgIpc) is 2.19. The lowest BCUT2D eigenvalue weighted by atomic mass is 9.82. The van der Waals surface area contributed by atoms with Crippen molar-refractivity contribution in [3.63, 3.8) is 0 Å². The summed E-state index contributed by atoms with van der Waals surface area (Å²) in [6, 6.07) is 0.559. The predicted molar refractivity (Wildman–Crippen MR) is 61.9 cm³/mol. The third kappa shape index (κ3) is 1.95. The molecule has 2 saturated heterocycles. The Morgan fingerprint density at radius 2 is 2.36 bits per heavy atom. The first-order valence-corrected chi connectivity index (χ1v) is 6.85. The van der Waals surface area contributed by atoms with Crippen molar-refractivity contribution >= 4 is 11.8 Å². The first-order valence-electron chi connectivity index (χ1n) is 5.70. The summed E-state index contributed by atoms with van der Waals surface area (Å²) in [4.78, 5) is 0. The van der Waals surface area contributed by atoms with Gasteiger partial charge in [-0.2, -0.15) is 11.8 Å². The van der Waals surface area contributed by atoms with Gasteiger partial charge in [0.15, 0.2) is 0 Å². The summed E-state index contributed by atoms with van der Waals surface area (Å²) in [6.45, 7) is 6.51. The van der Waals surface area contributed by atoms with Gasteiger partial charge >= 0.3 is 0 Å². The fourth-order valence-electron chi connectivity index (χ4n) is 2.74. The Morgan fingerprint density at radius 3 is 3.00 bits per heavy atom. The SMILES string of the molecule is CC(C)C1NCCOC12CCCSC2. The van der Waals surface area contributed by atoms with Crippen LogP contribution in [0.5, 0.6) is 0 Å². The van der Waals surface area contributed by atoms with Crippen molar-refractivity contribution in [1.29, 1.82) is 0 Å². The van der Waals surface area contributed by atoms with E-state index >= 15 is 0 Å². The molecule has 0 saturated carbocycles. The van der Waals surface area contributed by atoms with Crippen molar-refractivity contribution < 1.29 is 4.74 Å². The molecule has 3 heteroatoms. The number of thioether (sulfide) groups is 1. The van der Waals surface area contributed by atoms with Gasteiger partial charge in [-0.25, -0.2) is 0 Å². The van der Waals surface area contributed by atoms with Crippen LogP contribution in [0.25, 0.3) is 0 Å². The Labute approximate surface area is 91.2 Å². The quantitative estimate of drug-likeness (QED) is 0.722. The molecule has 1 spiro atoms. The lowest BCUT2D eigenvalue weighted by Crippen LogP contribution is -2.62. The van der Waals surface area contributed by atoms with E-state index < -0.39 is 0 Å². The molecule has 2 aliphatic heterocycles. The Bertz CT molecular complexity index is 181. The van der Waals surface area contributed by atoms with E-state index in [2.05, 4.69) is 30.9 Å². The zero-order valence-electron chi connectivity index (χ0n) is 9.21. The van der Waals surface area contributed by atoms with Crippen molar-refractivity contribution in [2.45, 2.75) is 38.3 Å². The van der Waals surface area contributed by atoms with Gasteiger partial charge in [-0.05, 0) is 24.5 Å². The van der Waals surface area contributed by atoms with Crippen LogP contribution in [-0.4, -0.2) is 36.3 Å². The van der Waals surface area contributed by atoms with Crippen molar-refractivity contribution in [2.24, 2.45) is 5.92 Å². The van der Waals surface area contributed by atoms with Crippen LogP contribution in [0.15, 0.2) is 0 Å². The Kier molecular flexibility index (Phi) is 3.40. The van der Waals surface area contributed by atoms with Crippen LogP contribution >= 0.6 is 11.8 Å². The average molecular weight is 215 g/mol. The molecule has 0 aromatic carbocycles. The molecule has 0 aliphatic carbocycles. The van der Waals surface area contributed by atoms with E-state index in [0.717, 1.165) is 13.2 Å². The summed E-state index contributed by atoms with van der Waals surface area (Å²) < 4.78 is 6.10. The van der Waals surface area contributed by atoms with Gasteiger partial charge in [0.25, 0.3) is 0 Å². The fourth-order valence-corrected chi connectivity index (χ4v) is 3.98. The molecule has 2 rings (SSSR count). The van der Waals surface area contributed by atoms with Gasteiger partial charge in [-0.15, -0.1) is 0 Å². The molecule has 0 aromatic rings. The third-order valence-corrected chi connectivity index (χ3v) is 4.59. The van der Waals surface area contributed by atoms with Crippen molar-refractivity contribution in [3.05, 3.63) is 0 Å². The minimum atomic E-state index is 0.148. The lowest BCUT2D eigenvalue weighted by Gasteiger charge is -2.48. The molecule has 2 aliphatic rings. The molecule has 2 fully saturated rings. The number of morpholine rings is 1. The molecule has 0 radical (unpaired) electrons. The van der Waals surface area contributed by atoms with Crippen molar-refractivity contribution in [3.8, 4) is 0 Å². The zero-order valence-corrected chi connectivity index (χ0v) is 10.0. The highest BCUT2D eigenvalue weighted by Gasteiger charge is 2.44. The van der Waals surface area contributed by atoms with Gasteiger partial charge in [0.05, 0.1) is 12.2 Å². The number of nitrogens with one attached hydrogen (secondary N) is 1. The number of rotatable bonds is 1.